The number of carbonyl (C=O) groups is 2. The summed E-state index contributed by atoms with van der Waals surface area (Å²) in [7, 11) is 0. The molecule has 1 atom stereocenters. The van der Waals surface area contributed by atoms with Crippen molar-refractivity contribution in [2.24, 2.45) is 5.92 Å². The first-order chi connectivity index (χ1) is 8.16. The van der Waals surface area contributed by atoms with E-state index in [4.69, 9.17) is 5.11 Å². The van der Waals surface area contributed by atoms with Gasteiger partial charge in [0.05, 0.1) is 5.92 Å². The molecule has 0 aromatic carbocycles. The molecule has 2 N–H and O–H groups in total. The second-order valence-corrected chi connectivity index (χ2v) is 5.05. The summed E-state index contributed by atoms with van der Waals surface area (Å²) >= 11 is 0. The number of aliphatic carboxylic acids is 1. The molecule has 5 heteroatoms. The monoisotopic (exact) mass is 240 g/mol. The Morgan fingerprint density at radius 3 is 2.41 bits per heavy atom. The topological polar surface area (TPSA) is 69.6 Å². The number of hydrogen-bond donors (Lipinski definition) is 2. The number of carboxylic acids is 1. The molecule has 2 fully saturated rings. The molecule has 1 unspecified atom stereocenters. The van der Waals surface area contributed by atoms with E-state index in [0.717, 1.165) is 12.8 Å². The van der Waals surface area contributed by atoms with Crippen molar-refractivity contribution < 1.29 is 14.7 Å². The van der Waals surface area contributed by atoms with E-state index in [-0.39, 0.29) is 11.9 Å². The van der Waals surface area contributed by atoms with Gasteiger partial charge in [0.15, 0.2) is 0 Å². The van der Waals surface area contributed by atoms with Crippen LogP contribution in [0.4, 0.5) is 4.79 Å². The highest BCUT2D eigenvalue weighted by Gasteiger charge is 2.31. The fraction of sp³-hybridized carbons (Fsp3) is 0.833. The highest BCUT2D eigenvalue weighted by atomic mass is 16.4. The summed E-state index contributed by atoms with van der Waals surface area (Å²) in [5.41, 5.74) is 0. The maximum Gasteiger partial charge on any atom is 0.317 e. The minimum absolute atomic E-state index is 0.0827. The molecule has 17 heavy (non-hydrogen) atoms. The second kappa shape index (κ2) is 5.38. The summed E-state index contributed by atoms with van der Waals surface area (Å²) in [5.74, 6) is -1.18. The molecule has 0 bridgehead atoms. The normalized spacial score (nSPS) is 25.9. The Morgan fingerprint density at radius 1 is 1.12 bits per heavy atom. The van der Waals surface area contributed by atoms with Crippen molar-refractivity contribution in [1.82, 2.24) is 10.2 Å². The van der Waals surface area contributed by atoms with Crippen LogP contribution in [-0.2, 0) is 4.79 Å². The van der Waals surface area contributed by atoms with E-state index in [2.05, 4.69) is 5.32 Å². The van der Waals surface area contributed by atoms with E-state index >= 15 is 0 Å². The fourth-order valence-electron chi connectivity index (χ4n) is 2.66. The highest BCUT2D eigenvalue weighted by molar-refractivity contribution is 5.77. The summed E-state index contributed by atoms with van der Waals surface area (Å²) in [6, 6.07) is 0.209. The predicted octanol–water partition coefficient (Wildman–Crippen LogP) is 1.44. The van der Waals surface area contributed by atoms with Gasteiger partial charge < -0.3 is 15.3 Å². The average molecular weight is 240 g/mol. The van der Waals surface area contributed by atoms with Crippen molar-refractivity contribution in [3.05, 3.63) is 0 Å². The zero-order chi connectivity index (χ0) is 12.3. The third kappa shape index (κ3) is 3.11. The molecule has 1 saturated carbocycles. The van der Waals surface area contributed by atoms with E-state index in [1.165, 1.54) is 19.3 Å². The van der Waals surface area contributed by atoms with E-state index in [0.29, 0.717) is 25.6 Å². The Bertz CT molecular complexity index is 300. The summed E-state index contributed by atoms with van der Waals surface area (Å²) in [6.45, 7) is 0.920. The molecule has 0 radical (unpaired) electrons. The van der Waals surface area contributed by atoms with Crippen molar-refractivity contribution in [2.75, 3.05) is 13.1 Å². The van der Waals surface area contributed by atoms with Gasteiger partial charge in [-0.2, -0.15) is 0 Å². The van der Waals surface area contributed by atoms with Crippen LogP contribution in [0.15, 0.2) is 0 Å². The summed E-state index contributed by atoms with van der Waals surface area (Å²) in [5, 5.41) is 11.9. The van der Waals surface area contributed by atoms with E-state index in [1.807, 2.05) is 0 Å². The molecular weight excluding hydrogens is 220 g/mol. The lowest BCUT2D eigenvalue weighted by atomic mass is 9.96. The van der Waals surface area contributed by atoms with Crippen LogP contribution in [0.1, 0.15) is 38.5 Å². The van der Waals surface area contributed by atoms with Gasteiger partial charge in [0.25, 0.3) is 0 Å². The van der Waals surface area contributed by atoms with Crippen LogP contribution in [0.5, 0.6) is 0 Å². The maximum absolute atomic E-state index is 11.9. The van der Waals surface area contributed by atoms with Crippen LogP contribution in [0.2, 0.25) is 0 Å². The van der Waals surface area contributed by atoms with E-state index < -0.39 is 5.97 Å². The van der Waals surface area contributed by atoms with Crippen LogP contribution in [0.3, 0.4) is 0 Å². The van der Waals surface area contributed by atoms with Crippen molar-refractivity contribution in [1.29, 1.82) is 0 Å². The first-order valence-corrected chi connectivity index (χ1v) is 6.45. The standard InChI is InChI=1S/C12H20N2O3/c15-11(16)9-6-7-14(8-9)12(17)13-10-4-2-1-3-5-10/h9-10H,1-8H2,(H,13,17)(H,15,16). The molecule has 96 valence electrons. The van der Waals surface area contributed by atoms with Crippen molar-refractivity contribution in [3.8, 4) is 0 Å². The highest BCUT2D eigenvalue weighted by Crippen LogP contribution is 2.19. The summed E-state index contributed by atoms with van der Waals surface area (Å²) < 4.78 is 0. The zero-order valence-electron chi connectivity index (χ0n) is 10.0. The van der Waals surface area contributed by atoms with Gasteiger partial charge in [-0.15, -0.1) is 0 Å². The molecule has 1 aliphatic heterocycles. The zero-order valence-corrected chi connectivity index (χ0v) is 10.0. The Hall–Kier alpha value is -1.26. The average Bonchev–Trinajstić information content (AvgIpc) is 2.79. The summed E-state index contributed by atoms with van der Waals surface area (Å²) in [4.78, 5) is 24.3. The lowest BCUT2D eigenvalue weighted by molar-refractivity contribution is -0.141. The fourth-order valence-corrected chi connectivity index (χ4v) is 2.66. The third-order valence-electron chi connectivity index (χ3n) is 3.76. The first kappa shape index (κ1) is 12.2. The van der Waals surface area contributed by atoms with Crippen molar-refractivity contribution >= 4 is 12.0 Å². The smallest absolute Gasteiger partial charge is 0.317 e. The van der Waals surface area contributed by atoms with Gasteiger partial charge in [0, 0.05) is 19.1 Å². The molecule has 1 heterocycles. The molecular formula is C12H20N2O3. The quantitative estimate of drug-likeness (QED) is 0.767. The molecule has 2 rings (SSSR count). The van der Waals surface area contributed by atoms with Gasteiger partial charge in [0.2, 0.25) is 0 Å². The van der Waals surface area contributed by atoms with Crippen LogP contribution in [-0.4, -0.2) is 41.1 Å². The third-order valence-corrected chi connectivity index (χ3v) is 3.76. The predicted molar refractivity (Wildman–Crippen MR) is 62.7 cm³/mol. The van der Waals surface area contributed by atoms with Crippen LogP contribution >= 0.6 is 0 Å². The summed E-state index contributed by atoms with van der Waals surface area (Å²) in [6.07, 6.45) is 6.32. The Morgan fingerprint density at radius 2 is 1.82 bits per heavy atom. The molecule has 1 aliphatic carbocycles. The van der Waals surface area contributed by atoms with Crippen LogP contribution in [0.25, 0.3) is 0 Å². The maximum atomic E-state index is 11.9. The minimum atomic E-state index is -0.794. The number of nitrogens with one attached hydrogen (secondary N) is 1. The lowest BCUT2D eigenvalue weighted by Crippen LogP contribution is -2.44. The number of likely N-dealkylation sites (tertiary alicyclic amines) is 1. The number of carboxylic acid groups (broad SMARTS) is 1. The van der Waals surface area contributed by atoms with Crippen molar-refractivity contribution in [2.45, 2.75) is 44.6 Å². The number of rotatable bonds is 2. The number of nitrogens with zero attached hydrogens (tertiary/aromatic N) is 1. The number of carbonyl (C=O) groups excluding carboxylic acids is 1. The molecule has 5 nitrogen and oxygen atoms in total. The molecule has 2 amide bonds. The van der Waals surface area contributed by atoms with Gasteiger partial charge >= 0.3 is 12.0 Å². The molecule has 0 aromatic rings. The SMILES string of the molecule is O=C(O)C1CCN(C(=O)NC2CCCCC2)C1. The van der Waals surface area contributed by atoms with Gasteiger partial charge in [-0.25, -0.2) is 4.79 Å². The minimum Gasteiger partial charge on any atom is -0.481 e. The lowest BCUT2D eigenvalue weighted by Gasteiger charge is -2.26. The largest absolute Gasteiger partial charge is 0.481 e. The number of amides is 2. The van der Waals surface area contributed by atoms with Gasteiger partial charge in [-0.1, -0.05) is 19.3 Å². The van der Waals surface area contributed by atoms with Crippen molar-refractivity contribution in [3.63, 3.8) is 0 Å². The van der Waals surface area contributed by atoms with E-state index in [9.17, 15) is 9.59 Å². The number of hydrogen-bond acceptors (Lipinski definition) is 2. The first-order valence-electron chi connectivity index (χ1n) is 6.45. The molecule has 1 saturated heterocycles. The van der Waals surface area contributed by atoms with Crippen LogP contribution < -0.4 is 5.32 Å². The van der Waals surface area contributed by atoms with Gasteiger partial charge in [-0.3, -0.25) is 4.79 Å². The van der Waals surface area contributed by atoms with E-state index in [1.54, 1.807) is 4.90 Å². The van der Waals surface area contributed by atoms with Gasteiger partial charge in [-0.05, 0) is 19.3 Å². The number of urea groups is 1. The second-order valence-electron chi connectivity index (χ2n) is 5.05. The van der Waals surface area contributed by atoms with Crippen LogP contribution in [0, 0.1) is 5.92 Å². The molecule has 0 aromatic heterocycles. The van der Waals surface area contributed by atoms with Gasteiger partial charge in [0.1, 0.15) is 0 Å². The molecule has 2 aliphatic rings. The molecule has 0 spiro atoms. The Kier molecular flexibility index (Phi) is 3.86. The Labute approximate surface area is 101 Å². The Balaban J connectivity index is 1.78.